The molecule has 1 aromatic carbocycles. The Bertz CT molecular complexity index is 702. The van der Waals surface area contributed by atoms with Gasteiger partial charge in [0.05, 0.1) is 26.4 Å². The average molecular weight is 388 g/mol. The van der Waals surface area contributed by atoms with Crippen LogP contribution in [0.4, 0.5) is 0 Å². The summed E-state index contributed by atoms with van der Waals surface area (Å²) in [5.41, 5.74) is 1.14. The summed E-state index contributed by atoms with van der Waals surface area (Å²) in [5.74, 6) is -1.74. The highest BCUT2D eigenvalue weighted by Gasteiger charge is 2.26. The van der Waals surface area contributed by atoms with Crippen molar-refractivity contribution in [3.8, 4) is 0 Å². The van der Waals surface area contributed by atoms with Gasteiger partial charge in [0.2, 0.25) is 5.78 Å². The third-order valence-electron chi connectivity index (χ3n) is 4.31. The van der Waals surface area contributed by atoms with Crippen LogP contribution in [0.1, 0.15) is 42.1 Å². The molecule has 1 heterocycles. The first-order valence-corrected chi connectivity index (χ1v) is 9.64. The van der Waals surface area contributed by atoms with Crippen molar-refractivity contribution in [2.45, 2.75) is 38.8 Å². The van der Waals surface area contributed by atoms with Gasteiger partial charge in [-0.15, -0.1) is 0 Å². The third-order valence-corrected chi connectivity index (χ3v) is 4.31. The summed E-state index contributed by atoms with van der Waals surface area (Å²) in [6.45, 7) is 3.92. The first kappa shape index (κ1) is 21.8. The van der Waals surface area contributed by atoms with Crippen LogP contribution >= 0.6 is 0 Å². The monoisotopic (exact) mass is 388 g/mol. The Balaban J connectivity index is 2.17. The molecular formula is C21H28N2O5. The third kappa shape index (κ3) is 6.90. The number of rotatable bonds is 5. The molecule has 7 heteroatoms. The molecule has 2 amide bonds. The van der Waals surface area contributed by atoms with Crippen LogP contribution in [-0.4, -0.2) is 50.0 Å². The summed E-state index contributed by atoms with van der Waals surface area (Å²) in [4.78, 5) is 37.5. The van der Waals surface area contributed by atoms with E-state index in [4.69, 9.17) is 9.47 Å². The molecule has 1 aliphatic heterocycles. The van der Waals surface area contributed by atoms with Gasteiger partial charge in [-0.25, -0.2) is 0 Å². The van der Waals surface area contributed by atoms with Crippen LogP contribution in [0, 0.1) is 0 Å². The predicted molar refractivity (Wildman–Crippen MR) is 105 cm³/mol. The van der Waals surface area contributed by atoms with E-state index in [-0.39, 0.29) is 13.0 Å². The number of carbonyl (C=O) groups is 3. The molecule has 1 aliphatic rings. The van der Waals surface area contributed by atoms with E-state index in [0.717, 1.165) is 12.8 Å². The van der Waals surface area contributed by atoms with Gasteiger partial charge in [-0.05, 0) is 24.5 Å². The lowest BCUT2D eigenvalue weighted by molar-refractivity contribution is -0.138. The van der Waals surface area contributed by atoms with E-state index in [0.29, 0.717) is 37.5 Å². The number of amides is 2. The van der Waals surface area contributed by atoms with Crippen molar-refractivity contribution in [1.82, 2.24) is 10.6 Å². The number of Topliss-reactive ketones (excluding diaryl/α,β-unsaturated/α-hetero) is 1. The van der Waals surface area contributed by atoms with Gasteiger partial charge in [0.1, 0.15) is 6.04 Å². The molecule has 0 saturated carbocycles. The summed E-state index contributed by atoms with van der Waals surface area (Å²) in [6, 6.07) is 6.10. The van der Waals surface area contributed by atoms with Crippen molar-refractivity contribution < 1.29 is 23.9 Å². The molecule has 0 aliphatic carbocycles. The molecule has 1 unspecified atom stereocenters. The van der Waals surface area contributed by atoms with Crippen molar-refractivity contribution in [1.29, 1.82) is 0 Å². The molecule has 0 aromatic heterocycles. The molecule has 0 bridgehead atoms. The number of hydrogen-bond acceptors (Lipinski definition) is 5. The molecular weight excluding hydrogens is 360 g/mol. The molecule has 7 nitrogen and oxygen atoms in total. The van der Waals surface area contributed by atoms with Gasteiger partial charge in [0, 0.05) is 12.1 Å². The molecule has 2 N–H and O–H groups in total. The number of carbonyl (C=O) groups excluding carboxylic acids is 3. The molecule has 0 fully saturated rings. The minimum Gasteiger partial charge on any atom is -0.375 e. The van der Waals surface area contributed by atoms with E-state index < -0.39 is 23.6 Å². The van der Waals surface area contributed by atoms with Gasteiger partial charge < -0.3 is 20.1 Å². The van der Waals surface area contributed by atoms with Gasteiger partial charge in [-0.1, -0.05) is 43.7 Å². The van der Waals surface area contributed by atoms with Crippen LogP contribution < -0.4 is 10.6 Å². The first-order valence-electron chi connectivity index (χ1n) is 9.64. The lowest BCUT2D eigenvalue weighted by Crippen LogP contribution is -2.47. The second-order valence-electron chi connectivity index (χ2n) is 6.49. The summed E-state index contributed by atoms with van der Waals surface area (Å²) >= 11 is 0. The Morgan fingerprint density at radius 2 is 1.96 bits per heavy atom. The van der Waals surface area contributed by atoms with Crippen molar-refractivity contribution in [3.63, 3.8) is 0 Å². The fourth-order valence-electron chi connectivity index (χ4n) is 2.71. The minimum atomic E-state index is -0.942. The Hall–Kier alpha value is -2.51. The first-order chi connectivity index (χ1) is 13.6. The maximum atomic E-state index is 12.8. The molecule has 1 atom stereocenters. The second-order valence-corrected chi connectivity index (χ2v) is 6.49. The number of ether oxygens (including phenoxy) is 2. The number of hydrogen-bond donors (Lipinski definition) is 2. The quantitative estimate of drug-likeness (QED) is 0.455. The molecule has 1 aromatic rings. The highest BCUT2D eigenvalue weighted by molar-refractivity contribution is 6.38. The van der Waals surface area contributed by atoms with E-state index in [1.807, 2.05) is 13.0 Å². The SMILES string of the molecule is CCCCNC(=O)C(=O)C1C/C=C/COCCOCc2ccccc2C(=O)N1. The van der Waals surface area contributed by atoms with Crippen molar-refractivity contribution >= 4 is 17.6 Å². The van der Waals surface area contributed by atoms with E-state index in [9.17, 15) is 14.4 Å². The molecule has 152 valence electrons. The Kier molecular flexibility index (Phi) is 9.37. The topological polar surface area (TPSA) is 93.7 Å². The van der Waals surface area contributed by atoms with Crippen LogP contribution in [0.2, 0.25) is 0 Å². The lowest BCUT2D eigenvalue weighted by atomic mass is 10.0. The van der Waals surface area contributed by atoms with Crippen LogP contribution in [0.3, 0.4) is 0 Å². The van der Waals surface area contributed by atoms with E-state index in [1.165, 1.54) is 0 Å². The Morgan fingerprint density at radius 1 is 1.18 bits per heavy atom. The number of benzene rings is 1. The van der Waals surface area contributed by atoms with Crippen molar-refractivity contribution in [3.05, 3.63) is 47.5 Å². The Labute approximate surface area is 165 Å². The predicted octanol–water partition coefficient (Wildman–Crippen LogP) is 1.76. The molecule has 2 rings (SSSR count). The number of ketones is 1. The van der Waals surface area contributed by atoms with Crippen LogP contribution in [-0.2, 0) is 25.7 Å². The zero-order chi connectivity index (χ0) is 20.2. The highest BCUT2D eigenvalue weighted by atomic mass is 16.5. The summed E-state index contributed by atoms with van der Waals surface area (Å²) in [7, 11) is 0. The smallest absolute Gasteiger partial charge is 0.289 e. The van der Waals surface area contributed by atoms with E-state index >= 15 is 0 Å². The summed E-state index contributed by atoms with van der Waals surface area (Å²) < 4.78 is 11.0. The molecule has 0 saturated heterocycles. The fraction of sp³-hybridized carbons (Fsp3) is 0.476. The standard InChI is InChI=1S/C21H28N2O5/c1-2-3-11-22-21(26)19(24)18-10-6-7-12-27-13-14-28-15-16-8-4-5-9-17(16)20(25)23-18/h4-9,18H,2-3,10-15H2,1H3,(H,22,26)(H,23,25)/b7-6+. The van der Waals surface area contributed by atoms with E-state index in [2.05, 4.69) is 10.6 Å². The van der Waals surface area contributed by atoms with Gasteiger partial charge in [-0.2, -0.15) is 0 Å². The maximum Gasteiger partial charge on any atom is 0.289 e. The number of fused-ring (bicyclic) bond motifs is 1. The average Bonchev–Trinajstić information content (AvgIpc) is 2.71. The molecule has 0 spiro atoms. The minimum absolute atomic E-state index is 0.216. The highest BCUT2D eigenvalue weighted by Crippen LogP contribution is 2.12. The number of nitrogens with one attached hydrogen (secondary N) is 2. The van der Waals surface area contributed by atoms with Crippen molar-refractivity contribution in [2.24, 2.45) is 0 Å². The van der Waals surface area contributed by atoms with Crippen LogP contribution in [0.5, 0.6) is 0 Å². The molecule has 28 heavy (non-hydrogen) atoms. The lowest BCUT2D eigenvalue weighted by Gasteiger charge is -2.18. The second kappa shape index (κ2) is 12.0. The summed E-state index contributed by atoms with van der Waals surface area (Å²) in [5, 5.41) is 5.31. The maximum absolute atomic E-state index is 12.8. The van der Waals surface area contributed by atoms with E-state index in [1.54, 1.807) is 30.4 Å². The van der Waals surface area contributed by atoms with Crippen LogP contribution in [0.25, 0.3) is 0 Å². The normalized spacial score (nSPS) is 19.6. The zero-order valence-electron chi connectivity index (χ0n) is 16.2. The van der Waals surface area contributed by atoms with Crippen LogP contribution in [0.15, 0.2) is 36.4 Å². The van der Waals surface area contributed by atoms with Gasteiger partial charge in [0.15, 0.2) is 0 Å². The summed E-state index contributed by atoms with van der Waals surface area (Å²) in [6.07, 6.45) is 5.42. The zero-order valence-corrected chi connectivity index (χ0v) is 16.2. The van der Waals surface area contributed by atoms with Gasteiger partial charge in [0.25, 0.3) is 11.8 Å². The largest absolute Gasteiger partial charge is 0.375 e. The number of unbranched alkanes of at least 4 members (excludes halogenated alkanes) is 1. The Morgan fingerprint density at radius 3 is 2.79 bits per heavy atom. The van der Waals surface area contributed by atoms with Gasteiger partial charge >= 0.3 is 0 Å². The molecule has 0 radical (unpaired) electrons. The fourth-order valence-corrected chi connectivity index (χ4v) is 2.71. The van der Waals surface area contributed by atoms with Gasteiger partial charge in [-0.3, -0.25) is 14.4 Å². The van der Waals surface area contributed by atoms with Crippen molar-refractivity contribution in [2.75, 3.05) is 26.4 Å².